The minimum atomic E-state index is -0.551. The van der Waals surface area contributed by atoms with Gasteiger partial charge in [0.15, 0.2) is 6.61 Å². The molecule has 156 valence electrons. The van der Waals surface area contributed by atoms with Gasteiger partial charge in [-0.3, -0.25) is 9.59 Å². The molecular formula is C24H32N2O3. The summed E-state index contributed by atoms with van der Waals surface area (Å²) in [5, 5.41) is 2.94. The number of hydrogen-bond acceptors (Lipinski definition) is 3. The van der Waals surface area contributed by atoms with Gasteiger partial charge in [-0.25, -0.2) is 0 Å². The molecule has 0 saturated heterocycles. The van der Waals surface area contributed by atoms with Crippen LogP contribution in [0.5, 0.6) is 5.75 Å². The van der Waals surface area contributed by atoms with Crippen LogP contribution < -0.4 is 10.1 Å². The highest BCUT2D eigenvalue weighted by Gasteiger charge is 2.29. The Morgan fingerprint density at radius 2 is 1.62 bits per heavy atom. The number of benzene rings is 2. The van der Waals surface area contributed by atoms with Gasteiger partial charge in [0.05, 0.1) is 0 Å². The molecule has 0 spiro atoms. The summed E-state index contributed by atoms with van der Waals surface area (Å²) in [4.78, 5) is 27.6. The van der Waals surface area contributed by atoms with Crippen molar-refractivity contribution in [3.63, 3.8) is 0 Å². The molecule has 0 unspecified atom stereocenters. The van der Waals surface area contributed by atoms with Gasteiger partial charge in [-0.05, 0) is 56.9 Å². The van der Waals surface area contributed by atoms with Gasteiger partial charge in [-0.1, -0.05) is 49.4 Å². The van der Waals surface area contributed by atoms with E-state index in [4.69, 9.17) is 4.74 Å². The summed E-state index contributed by atoms with van der Waals surface area (Å²) < 4.78 is 5.78. The van der Waals surface area contributed by atoms with Crippen LogP contribution in [0, 0.1) is 13.8 Å². The van der Waals surface area contributed by atoms with Gasteiger partial charge in [0, 0.05) is 12.6 Å². The summed E-state index contributed by atoms with van der Waals surface area (Å²) in [5.74, 6) is 0.332. The number of carbonyl (C=O) groups is 2. The SMILES string of the molecule is CC[C@@H](C(=O)NC(C)C)N(Cc1ccccc1C)C(=O)COc1ccccc1C. The van der Waals surface area contributed by atoms with Crippen LogP contribution in [0.3, 0.4) is 0 Å². The third-order valence-electron chi connectivity index (χ3n) is 4.86. The van der Waals surface area contributed by atoms with Crippen molar-refractivity contribution in [2.45, 2.75) is 59.7 Å². The molecule has 29 heavy (non-hydrogen) atoms. The predicted octanol–water partition coefficient (Wildman–Crippen LogP) is 4.01. The Kier molecular flexibility index (Phi) is 8.25. The van der Waals surface area contributed by atoms with Crippen LogP contribution in [-0.2, 0) is 16.1 Å². The molecule has 0 radical (unpaired) electrons. The number of nitrogens with zero attached hydrogens (tertiary/aromatic N) is 1. The van der Waals surface area contributed by atoms with Crippen molar-refractivity contribution in [1.29, 1.82) is 0 Å². The zero-order valence-electron chi connectivity index (χ0n) is 18.1. The number of carbonyl (C=O) groups excluding carboxylic acids is 2. The molecule has 2 amide bonds. The first-order valence-electron chi connectivity index (χ1n) is 10.2. The van der Waals surface area contributed by atoms with Crippen molar-refractivity contribution in [2.75, 3.05) is 6.61 Å². The molecule has 0 aromatic heterocycles. The minimum absolute atomic E-state index is 0.00943. The van der Waals surface area contributed by atoms with Gasteiger partial charge in [-0.15, -0.1) is 0 Å². The van der Waals surface area contributed by atoms with E-state index in [1.807, 2.05) is 83.1 Å². The average Bonchev–Trinajstić information content (AvgIpc) is 2.68. The average molecular weight is 397 g/mol. The van der Waals surface area contributed by atoms with Gasteiger partial charge in [0.1, 0.15) is 11.8 Å². The number of nitrogens with one attached hydrogen (secondary N) is 1. The van der Waals surface area contributed by atoms with E-state index in [1.165, 1.54) is 0 Å². The fourth-order valence-corrected chi connectivity index (χ4v) is 3.21. The second kappa shape index (κ2) is 10.6. The molecule has 1 N–H and O–H groups in total. The Hall–Kier alpha value is -2.82. The first kappa shape index (κ1) is 22.5. The Balaban J connectivity index is 2.24. The molecule has 2 aromatic rings. The maximum atomic E-state index is 13.2. The Morgan fingerprint density at radius 1 is 1.00 bits per heavy atom. The largest absolute Gasteiger partial charge is 0.484 e. The zero-order valence-corrected chi connectivity index (χ0v) is 18.1. The van der Waals surface area contributed by atoms with Gasteiger partial charge >= 0.3 is 0 Å². The van der Waals surface area contributed by atoms with Crippen molar-refractivity contribution in [1.82, 2.24) is 10.2 Å². The molecule has 5 heteroatoms. The van der Waals surface area contributed by atoms with Crippen molar-refractivity contribution < 1.29 is 14.3 Å². The van der Waals surface area contributed by atoms with E-state index in [2.05, 4.69) is 5.32 Å². The fraction of sp³-hybridized carbons (Fsp3) is 0.417. The highest BCUT2D eigenvalue weighted by atomic mass is 16.5. The van der Waals surface area contributed by atoms with Crippen LogP contribution >= 0.6 is 0 Å². The topological polar surface area (TPSA) is 58.6 Å². The molecule has 0 aliphatic heterocycles. The van der Waals surface area contributed by atoms with E-state index in [0.717, 1.165) is 16.7 Å². The monoisotopic (exact) mass is 396 g/mol. The van der Waals surface area contributed by atoms with Crippen LogP contribution in [0.25, 0.3) is 0 Å². The normalized spacial score (nSPS) is 11.8. The molecular weight excluding hydrogens is 364 g/mol. The highest BCUT2D eigenvalue weighted by molar-refractivity contribution is 5.88. The maximum absolute atomic E-state index is 13.2. The Morgan fingerprint density at radius 3 is 2.21 bits per heavy atom. The second-order valence-corrected chi connectivity index (χ2v) is 7.59. The number of amides is 2. The molecule has 0 bridgehead atoms. The molecule has 2 rings (SSSR count). The number of ether oxygens (including phenoxy) is 1. The van der Waals surface area contributed by atoms with Crippen LogP contribution in [0.1, 0.15) is 43.9 Å². The molecule has 1 atom stereocenters. The van der Waals surface area contributed by atoms with Crippen LogP contribution in [0.15, 0.2) is 48.5 Å². The molecule has 0 saturated carbocycles. The molecule has 0 heterocycles. The van der Waals surface area contributed by atoms with Gasteiger partial charge in [0.2, 0.25) is 5.91 Å². The van der Waals surface area contributed by atoms with Crippen molar-refractivity contribution in [2.24, 2.45) is 0 Å². The maximum Gasteiger partial charge on any atom is 0.261 e. The van der Waals surface area contributed by atoms with Crippen LogP contribution in [-0.4, -0.2) is 35.4 Å². The number of para-hydroxylation sites is 1. The van der Waals surface area contributed by atoms with Crippen LogP contribution in [0.2, 0.25) is 0 Å². The lowest BCUT2D eigenvalue weighted by molar-refractivity contribution is -0.143. The summed E-state index contributed by atoms with van der Waals surface area (Å²) >= 11 is 0. The Bertz CT molecular complexity index is 832. The van der Waals surface area contributed by atoms with E-state index < -0.39 is 6.04 Å². The van der Waals surface area contributed by atoms with Crippen molar-refractivity contribution in [3.05, 3.63) is 65.2 Å². The summed E-state index contributed by atoms with van der Waals surface area (Å²) in [6, 6.07) is 15.0. The summed E-state index contributed by atoms with van der Waals surface area (Å²) in [5.41, 5.74) is 3.08. The highest BCUT2D eigenvalue weighted by Crippen LogP contribution is 2.18. The van der Waals surface area contributed by atoms with Crippen molar-refractivity contribution in [3.8, 4) is 5.75 Å². The lowest BCUT2D eigenvalue weighted by Gasteiger charge is -2.31. The smallest absolute Gasteiger partial charge is 0.261 e. The summed E-state index contributed by atoms with van der Waals surface area (Å²) in [6.07, 6.45) is 0.528. The third-order valence-corrected chi connectivity index (χ3v) is 4.86. The predicted molar refractivity (Wildman–Crippen MR) is 116 cm³/mol. The quantitative estimate of drug-likeness (QED) is 0.697. The number of aryl methyl sites for hydroxylation is 2. The molecule has 0 aliphatic carbocycles. The summed E-state index contributed by atoms with van der Waals surface area (Å²) in [6.45, 7) is 9.96. The minimum Gasteiger partial charge on any atom is -0.484 e. The van der Waals surface area contributed by atoms with E-state index in [-0.39, 0.29) is 24.5 Å². The van der Waals surface area contributed by atoms with Crippen LogP contribution in [0.4, 0.5) is 0 Å². The molecule has 5 nitrogen and oxygen atoms in total. The third kappa shape index (κ3) is 6.34. The van der Waals surface area contributed by atoms with Gasteiger partial charge < -0.3 is 15.0 Å². The first-order valence-corrected chi connectivity index (χ1v) is 10.2. The Labute approximate surface area is 174 Å². The second-order valence-electron chi connectivity index (χ2n) is 7.59. The molecule has 0 aliphatic rings. The van der Waals surface area contributed by atoms with Gasteiger partial charge in [0.25, 0.3) is 5.91 Å². The standard InChI is InChI=1S/C24H32N2O3/c1-6-21(24(28)25-17(2)3)26(15-20-13-9-7-11-18(20)4)23(27)16-29-22-14-10-8-12-19(22)5/h7-14,17,21H,6,15-16H2,1-5H3,(H,25,28)/t21-/m0/s1. The van der Waals surface area contributed by atoms with E-state index in [9.17, 15) is 9.59 Å². The molecule has 2 aromatic carbocycles. The molecule has 0 fully saturated rings. The lowest BCUT2D eigenvalue weighted by atomic mass is 10.1. The number of rotatable bonds is 9. The van der Waals surface area contributed by atoms with Crippen molar-refractivity contribution >= 4 is 11.8 Å². The van der Waals surface area contributed by atoms with E-state index in [1.54, 1.807) is 4.90 Å². The number of hydrogen-bond donors (Lipinski definition) is 1. The van der Waals surface area contributed by atoms with Gasteiger partial charge in [-0.2, -0.15) is 0 Å². The summed E-state index contributed by atoms with van der Waals surface area (Å²) in [7, 11) is 0. The van der Waals surface area contributed by atoms with E-state index >= 15 is 0 Å². The first-order chi connectivity index (χ1) is 13.8. The van der Waals surface area contributed by atoms with E-state index in [0.29, 0.717) is 18.7 Å². The fourth-order valence-electron chi connectivity index (χ4n) is 3.21. The zero-order chi connectivity index (χ0) is 21.4. The lowest BCUT2D eigenvalue weighted by Crippen LogP contribution is -2.51.